The first-order valence-electron chi connectivity index (χ1n) is 9.10. The van der Waals surface area contributed by atoms with Gasteiger partial charge in [-0.3, -0.25) is 19.7 Å². The van der Waals surface area contributed by atoms with E-state index in [9.17, 15) is 19.7 Å². The van der Waals surface area contributed by atoms with Crippen LogP contribution < -0.4 is 4.74 Å². The summed E-state index contributed by atoms with van der Waals surface area (Å²) in [7, 11) is 0. The molecule has 1 aromatic carbocycles. The minimum absolute atomic E-state index is 0.150. The Hall–Kier alpha value is -2.97. The summed E-state index contributed by atoms with van der Waals surface area (Å²) in [4.78, 5) is 40.6. The summed E-state index contributed by atoms with van der Waals surface area (Å²) in [6, 6.07) is 4.14. The fourth-order valence-corrected chi connectivity index (χ4v) is 4.09. The number of nitro benzene ring substituents is 1. The van der Waals surface area contributed by atoms with Crippen molar-refractivity contribution in [3.05, 3.63) is 33.9 Å². The highest BCUT2D eigenvalue weighted by molar-refractivity contribution is 6.04. The number of rotatable bonds is 5. The van der Waals surface area contributed by atoms with Crippen molar-refractivity contribution in [1.29, 1.82) is 0 Å². The predicted octanol–water partition coefficient (Wildman–Crippen LogP) is 2.62. The third kappa shape index (κ3) is 3.10. The molecule has 3 rings (SSSR count). The number of aliphatic imine (C=N–C) groups is 1. The van der Waals surface area contributed by atoms with E-state index in [0.29, 0.717) is 11.3 Å². The zero-order valence-electron chi connectivity index (χ0n) is 16.1. The van der Waals surface area contributed by atoms with Crippen molar-refractivity contribution in [3.8, 4) is 5.75 Å². The Morgan fingerprint density at radius 2 is 1.89 bits per heavy atom. The minimum Gasteiger partial charge on any atom is -0.466 e. The highest BCUT2D eigenvalue weighted by atomic mass is 16.6. The zero-order valence-corrected chi connectivity index (χ0v) is 16.1. The molecule has 4 atom stereocenters. The number of carbonyl (C=O) groups excluding carboxylic acids is 2. The lowest BCUT2D eigenvalue weighted by Crippen LogP contribution is -2.57. The molecule has 0 fully saturated rings. The van der Waals surface area contributed by atoms with Crippen molar-refractivity contribution in [2.75, 3.05) is 13.2 Å². The minimum atomic E-state index is -1.34. The van der Waals surface area contributed by atoms with Crippen LogP contribution in [0, 0.1) is 22.0 Å². The van der Waals surface area contributed by atoms with Gasteiger partial charge in [0.2, 0.25) is 5.72 Å². The first kappa shape index (κ1) is 19.8. The highest BCUT2D eigenvalue weighted by Crippen LogP contribution is 2.53. The van der Waals surface area contributed by atoms with Crippen LogP contribution in [0.2, 0.25) is 0 Å². The molecule has 0 aromatic heterocycles. The van der Waals surface area contributed by atoms with E-state index in [1.807, 2.05) is 0 Å². The van der Waals surface area contributed by atoms with Gasteiger partial charge >= 0.3 is 11.9 Å². The van der Waals surface area contributed by atoms with Crippen molar-refractivity contribution in [3.63, 3.8) is 0 Å². The summed E-state index contributed by atoms with van der Waals surface area (Å²) in [5, 5.41) is 11.2. The van der Waals surface area contributed by atoms with E-state index in [1.165, 1.54) is 18.2 Å². The molecular weight excluding hydrogens is 368 g/mol. The van der Waals surface area contributed by atoms with Crippen LogP contribution in [0.5, 0.6) is 5.75 Å². The first-order valence-corrected chi connectivity index (χ1v) is 9.10. The Labute approximate surface area is 161 Å². The van der Waals surface area contributed by atoms with Gasteiger partial charge in [0.25, 0.3) is 5.69 Å². The number of hydrogen-bond acceptors (Lipinski definition) is 8. The van der Waals surface area contributed by atoms with Crippen molar-refractivity contribution >= 4 is 23.3 Å². The number of ether oxygens (including phenoxy) is 3. The number of nitrogens with zero attached hydrogens (tertiary/aromatic N) is 2. The summed E-state index contributed by atoms with van der Waals surface area (Å²) in [5.74, 6) is -3.18. The van der Waals surface area contributed by atoms with Gasteiger partial charge in [-0.15, -0.1) is 0 Å². The van der Waals surface area contributed by atoms with E-state index in [1.54, 1.807) is 27.7 Å². The molecule has 4 unspecified atom stereocenters. The summed E-state index contributed by atoms with van der Waals surface area (Å²) >= 11 is 0. The molecule has 150 valence electrons. The molecule has 9 heteroatoms. The van der Waals surface area contributed by atoms with Crippen LogP contribution in [0.1, 0.15) is 39.2 Å². The quantitative estimate of drug-likeness (QED) is 0.431. The average Bonchev–Trinajstić information content (AvgIpc) is 2.60. The monoisotopic (exact) mass is 390 g/mol. The lowest BCUT2D eigenvalue weighted by molar-refractivity contribution is -0.385. The zero-order chi connectivity index (χ0) is 20.6. The van der Waals surface area contributed by atoms with E-state index >= 15 is 0 Å². The second kappa shape index (κ2) is 7.21. The Kier molecular flexibility index (Phi) is 5.10. The normalized spacial score (nSPS) is 27.7. The maximum absolute atomic E-state index is 12.8. The Morgan fingerprint density at radius 3 is 2.50 bits per heavy atom. The lowest BCUT2D eigenvalue weighted by Gasteiger charge is -2.48. The Bertz CT molecular complexity index is 866. The van der Waals surface area contributed by atoms with E-state index < -0.39 is 40.3 Å². The summed E-state index contributed by atoms with van der Waals surface area (Å²) < 4.78 is 16.4. The number of non-ortho nitro benzene ring substituents is 1. The SMILES string of the molecule is CCOC(=O)C1C(C)=NC2(C)Oc3cc([N+](=O)[O-])ccc3C1C2C(=O)OCC. The smallest absolute Gasteiger partial charge is 0.315 e. The van der Waals surface area contributed by atoms with Gasteiger partial charge in [0.15, 0.2) is 0 Å². The second-order valence-electron chi connectivity index (χ2n) is 6.87. The Morgan fingerprint density at radius 1 is 1.25 bits per heavy atom. The van der Waals surface area contributed by atoms with Gasteiger partial charge in [-0.1, -0.05) is 0 Å². The molecule has 2 aliphatic rings. The number of esters is 2. The molecule has 0 saturated heterocycles. The predicted molar refractivity (Wildman–Crippen MR) is 98.2 cm³/mol. The van der Waals surface area contributed by atoms with Gasteiger partial charge in [0, 0.05) is 23.3 Å². The number of benzene rings is 1. The Balaban J connectivity index is 2.21. The number of fused-ring (bicyclic) bond motifs is 4. The van der Waals surface area contributed by atoms with E-state index in [-0.39, 0.29) is 24.7 Å². The standard InChI is InChI=1S/C19H22N2O7/c1-5-26-17(22)14-10(3)20-19(4)16(18(23)27-6-2)15(14)12-8-7-11(21(24)25)9-13(12)28-19/h7-9,14-16H,5-6H2,1-4H3. The fraction of sp³-hybridized carbons (Fsp3) is 0.526. The van der Waals surface area contributed by atoms with Crippen LogP contribution in [-0.2, 0) is 19.1 Å². The first-order chi connectivity index (χ1) is 13.2. The lowest BCUT2D eigenvalue weighted by atomic mass is 9.67. The van der Waals surface area contributed by atoms with Crippen LogP contribution in [0.4, 0.5) is 5.69 Å². The molecule has 0 saturated carbocycles. The molecule has 1 aromatic rings. The molecule has 0 N–H and O–H groups in total. The summed E-state index contributed by atoms with van der Waals surface area (Å²) in [6.45, 7) is 7.04. The van der Waals surface area contributed by atoms with Crippen LogP contribution in [0.15, 0.2) is 23.2 Å². The van der Waals surface area contributed by atoms with Crippen LogP contribution in [-0.4, -0.2) is 41.5 Å². The number of carbonyl (C=O) groups is 2. The van der Waals surface area contributed by atoms with Gasteiger partial charge < -0.3 is 14.2 Å². The van der Waals surface area contributed by atoms with Crippen molar-refractivity contribution in [2.24, 2.45) is 16.8 Å². The topological polar surface area (TPSA) is 117 Å². The van der Waals surface area contributed by atoms with Crippen LogP contribution >= 0.6 is 0 Å². The van der Waals surface area contributed by atoms with Gasteiger partial charge in [0.05, 0.1) is 24.2 Å². The summed E-state index contributed by atoms with van der Waals surface area (Å²) in [5.41, 5.74) is -0.487. The summed E-state index contributed by atoms with van der Waals surface area (Å²) in [6.07, 6.45) is 0. The molecule has 28 heavy (non-hydrogen) atoms. The van der Waals surface area contributed by atoms with Gasteiger partial charge in [-0.2, -0.15) is 0 Å². The molecule has 0 spiro atoms. The average molecular weight is 390 g/mol. The van der Waals surface area contributed by atoms with Gasteiger partial charge in [-0.25, -0.2) is 4.99 Å². The van der Waals surface area contributed by atoms with Crippen LogP contribution in [0.3, 0.4) is 0 Å². The molecule has 0 amide bonds. The highest BCUT2D eigenvalue weighted by Gasteiger charge is 2.59. The number of nitro groups is 1. The maximum Gasteiger partial charge on any atom is 0.315 e. The molecule has 0 radical (unpaired) electrons. The third-order valence-electron chi connectivity index (χ3n) is 5.11. The van der Waals surface area contributed by atoms with Crippen molar-refractivity contribution < 1.29 is 28.7 Å². The van der Waals surface area contributed by atoms with E-state index in [2.05, 4.69) is 4.99 Å². The third-order valence-corrected chi connectivity index (χ3v) is 5.11. The van der Waals surface area contributed by atoms with Crippen molar-refractivity contribution in [2.45, 2.75) is 39.3 Å². The van der Waals surface area contributed by atoms with Gasteiger partial charge in [-0.05, 0) is 33.8 Å². The molecule has 2 heterocycles. The maximum atomic E-state index is 12.8. The molecular formula is C19H22N2O7. The van der Waals surface area contributed by atoms with Crippen LogP contribution in [0.25, 0.3) is 0 Å². The van der Waals surface area contributed by atoms with Crippen molar-refractivity contribution in [1.82, 2.24) is 0 Å². The second-order valence-corrected chi connectivity index (χ2v) is 6.87. The van der Waals surface area contributed by atoms with E-state index in [0.717, 1.165) is 0 Å². The molecule has 9 nitrogen and oxygen atoms in total. The van der Waals surface area contributed by atoms with E-state index in [4.69, 9.17) is 14.2 Å². The fourth-order valence-electron chi connectivity index (χ4n) is 4.09. The molecule has 2 bridgehead atoms. The van der Waals surface area contributed by atoms with Gasteiger partial charge in [0.1, 0.15) is 17.6 Å². The molecule has 2 aliphatic heterocycles. The largest absolute Gasteiger partial charge is 0.466 e. The number of hydrogen-bond donors (Lipinski definition) is 0. The molecule has 0 aliphatic carbocycles.